The molecule has 104 valence electrons. The average molecular weight is 331 g/mol. The fraction of sp³-hybridized carbons (Fsp3) is 0.417. The average Bonchev–Trinajstić information content (AvgIpc) is 2.37. The Hall–Kier alpha value is -1.63. The molecule has 0 spiro atoms. The standard InChI is InChI=1S/C12H15BrN2O4/c1-12(2,7-13)14-11(16)9-5-4-8(15(17)18)6-10(9)19-3/h4-6H,7H2,1-3H3,(H,14,16). The molecule has 6 nitrogen and oxygen atoms in total. The molecule has 0 atom stereocenters. The van der Waals surface area contributed by atoms with Crippen molar-refractivity contribution >= 4 is 27.5 Å². The Labute approximate surface area is 119 Å². The lowest BCUT2D eigenvalue weighted by molar-refractivity contribution is -0.384. The van der Waals surface area contributed by atoms with Gasteiger partial charge in [-0.05, 0) is 19.9 Å². The molecule has 0 aliphatic rings. The smallest absolute Gasteiger partial charge is 0.273 e. The van der Waals surface area contributed by atoms with E-state index in [1.54, 1.807) is 0 Å². The summed E-state index contributed by atoms with van der Waals surface area (Å²) < 4.78 is 5.03. The summed E-state index contributed by atoms with van der Waals surface area (Å²) in [4.78, 5) is 22.2. The van der Waals surface area contributed by atoms with E-state index in [0.717, 1.165) is 0 Å². The van der Waals surface area contributed by atoms with Crippen LogP contribution in [0.3, 0.4) is 0 Å². The molecule has 0 radical (unpaired) electrons. The molecular formula is C12H15BrN2O4. The number of hydrogen-bond donors (Lipinski definition) is 1. The molecule has 0 fully saturated rings. The first kappa shape index (κ1) is 15.4. The molecule has 0 heterocycles. The molecule has 7 heteroatoms. The third-order valence-corrected chi connectivity index (χ3v) is 3.83. The predicted octanol–water partition coefficient (Wildman–Crippen LogP) is 2.51. The second-order valence-corrected chi connectivity index (χ2v) is 5.17. The van der Waals surface area contributed by atoms with Crippen molar-refractivity contribution in [3.05, 3.63) is 33.9 Å². The van der Waals surface area contributed by atoms with E-state index >= 15 is 0 Å². The number of rotatable bonds is 5. The van der Waals surface area contributed by atoms with Crippen LogP contribution in [0, 0.1) is 10.1 Å². The summed E-state index contributed by atoms with van der Waals surface area (Å²) in [5.41, 5.74) is -0.278. The number of benzene rings is 1. The number of alkyl halides is 1. The Morgan fingerprint density at radius 3 is 2.63 bits per heavy atom. The maximum absolute atomic E-state index is 12.1. The van der Waals surface area contributed by atoms with Crippen LogP contribution < -0.4 is 10.1 Å². The van der Waals surface area contributed by atoms with Crippen molar-refractivity contribution in [1.29, 1.82) is 0 Å². The molecule has 1 rings (SSSR count). The Bertz CT molecular complexity index is 503. The lowest BCUT2D eigenvalue weighted by Crippen LogP contribution is -2.44. The van der Waals surface area contributed by atoms with Crippen molar-refractivity contribution in [3.63, 3.8) is 0 Å². The van der Waals surface area contributed by atoms with E-state index in [0.29, 0.717) is 5.33 Å². The van der Waals surface area contributed by atoms with Gasteiger partial charge in [0.15, 0.2) is 0 Å². The molecule has 1 aromatic carbocycles. The lowest BCUT2D eigenvalue weighted by Gasteiger charge is -2.24. The van der Waals surface area contributed by atoms with Gasteiger partial charge in [0, 0.05) is 16.9 Å². The minimum absolute atomic E-state index is 0.117. The molecule has 0 unspecified atom stereocenters. The van der Waals surface area contributed by atoms with Gasteiger partial charge in [0.1, 0.15) is 5.75 Å². The number of carbonyl (C=O) groups excluding carboxylic acids is 1. The van der Waals surface area contributed by atoms with Crippen LogP contribution >= 0.6 is 15.9 Å². The van der Waals surface area contributed by atoms with E-state index in [9.17, 15) is 14.9 Å². The summed E-state index contributed by atoms with van der Waals surface area (Å²) in [5, 5.41) is 14.1. The Kier molecular flexibility index (Phi) is 4.88. The van der Waals surface area contributed by atoms with Gasteiger partial charge < -0.3 is 10.1 Å². The van der Waals surface area contributed by atoms with Crippen molar-refractivity contribution in [2.75, 3.05) is 12.4 Å². The van der Waals surface area contributed by atoms with Gasteiger partial charge in [0.2, 0.25) is 0 Å². The number of halogens is 1. The van der Waals surface area contributed by atoms with Gasteiger partial charge in [0.25, 0.3) is 11.6 Å². The van der Waals surface area contributed by atoms with Crippen molar-refractivity contribution in [3.8, 4) is 5.75 Å². The highest BCUT2D eigenvalue weighted by atomic mass is 79.9. The molecular weight excluding hydrogens is 316 g/mol. The summed E-state index contributed by atoms with van der Waals surface area (Å²) in [5.74, 6) is -0.159. The fourth-order valence-electron chi connectivity index (χ4n) is 1.39. The second kappa shape index (κ2) is 6.01. The summed E-state index contributed by atoms with van der Waals surface area (Å²) in [7, 11) is 1.37. The largest absolute Gasteiger partial charge is 0.496 e. The predicted molar refractivity (Wildman–Crippen MR) is 75.0 cm³/mol. The number of amides is 1. The SMILES string of the molecule is COc1cc([N+](=O)[O-])ccc1C(=O)NC(C)(C)CBr. The highest BCUT2D eigenvalue weighted by molar-refractivity contribution is 9.09. The quantitative estimate of drug-likeness (QED) is 0.511. The number of ether oxygens (including phenoxy) is 1. The van der Waals surface area contributed by atoms with Crippen LogP contribution in [0.5, 0.6) is 5.75 Å². The first-order chi connectivity index (χ1) is 8.80. The monoisotopic (exact) mass is 330 g/mol. The van der Waals surface area contributed by atoms with Crippen molar-refractivity contribution in [1.82, 2.24) is 5.32 Å². The number of nitro benzene ring substituents is 1. The molecule has 19 heavy (non-hydrogen) atoms. The van der Waals surface area contributed by atoms with Gasteiger partial charge in [-0.1, -0.05) is 15.9 Å². The Morgan fingerprint density at radius 2 is 2.16 bits per heavy atom. The molecule has 1 aromatic rings. The zero-order chi connectivity index (χ0) is 14.6. The van der Waals surface area contributed by atoms with Gasteiger partial charge in [0.05, 0.1) is 23.7 Å². The molecule has 0 saturated heterocycles. The number of non-ortho nitro benzene ring substituents is 1. The molecule has 0 saturated carbocycles. The minimum Gasteiger partial charge on any atom is -0.496 e. The zero-order valence-corrected chi connectivity index (χ0v) is 12.5. The lowest BCUT2D eigenvalue weighted by atomic mass is 10.1. The van der Waals surface area contributed by atoms with Gasteiger partial charge in [-0.3, -0.25) is 14.9 Å². The first-order valence-electron chi connectivity index (χ1n) is 5.51. The number of hydrogen-bond acceptors (Lipinski definition) is 4. The summed E-state index contributed by atoms with van der Waals surface area (Å²) in [6, 6.07) is 3.89. The summed E-state index contributed by atoms with van der Waals surface area (Å²) in [6.45, 7) is 3.72. The molecule has 0 aliphatic heterocycles. The van der Waals surface area contributed by atoms with E-state index in [2.05, 4.69) is 21.2 Å². The fourth-order valence-corrected chi connectivity index (χ4v) is 1.53. The normalized spacial score (nSPS) is 10.9. The number of nitrogens with one attached hydrogen (secondary N) is 1. The molecule has 0 aliphatic carbocycles. The maximum atomic E-state index is 12.1. The Balaban J connectivity index is 3.07. The number of nitrogens with zero attached hydrogens (tertiary/aromatic N) is 1. The number of carbonyl (C=O) groups is 1. The van der Waals surface area contributed by atoms with Crippen molar-refractivity contribution in [2.24, 2.45) is 0 Å². The summed E-state index contributed by atoms with van der Waals surface area (Å²) >= 11 is 3.30. The van der Waals surface area contributed by atoms with E-state index in [1.165, 1.54) is 25.3 Å². The number of nitro groups is 1. The van der Waals surface area contributed by atoms with E-state index in [-0.39, 0.29) is 22.9 Å². The topological polar surface area (TPSA) is 81.5 Å². The van der Waals surface area contributed by atoms with Crippen LogP contribution in [0.4, 0.5) is 5.69 Å². The van der Waals surface area contributed by atoms with Crippen molar-refractivity contribution < 1.29 is 14.5 Å². The van der Waals surface area contributed by atoms with Gasteiger partial charge >= 0.3 is 0 Å². The molecule has 1 amide bonds. The van der Waals surface area contributed by atoms with Gasteiger partial charge in [-0.25, -0.2) is 0 Å². The van der Waals surface area contributed by atoms with Gasteiger partial charge in [-0.2, -0.15) is 0 Å². The van der Waals surface area contributed by atoms with E-state index < -0.39 is 10.5 Å². The molecule has 0 bridgehead atoms. The first-order valence-corrected chi connectivity index (χ1v) is 6.64. The van der Waals surface area contributed by atoms with Crippen LogP contribution in [-0.4, -0.2) is 28.8 Å². The van der Waals surface area contributed by atoms with E-state index in [4.69, 9.17) is 4.74 Å². The van der Waals surface area contributed by atoms with Crippen LogP contribution in [0.1, 0.15) is 24.2 Å². The minimum atomic E-state index is -0.535. The van der Waals surface area contributed by atoms with Gasteiger partial charge in [-0.15, -0.1) is 0 Å². The third kappa shape index (κ3) is 3.92. The highest BCUT2D eigenvalue weighted by Gasteiger charge is 2.23. The van der Waals surface area contributed by atoms with Crippen LogP contribution in [0.25, 0.3) is 0 Å². The summed E-state index contributed by atoms with van der Waals surface area (Å²) in [6.07, 6.45) is 0. The van der Waals surface area contributed by atoms with Crippen LogP contribution in [0.2, 0.25) is 0 Å². The maximum Gasteiger partial charge on any atom is 0.273 e. The zero-order valence-electron chi connectivity index (χ0n) is 10.9. The third-order valence-electron chi connectivity index (χ3n) is 2.43. The molecule has 0 aromatic heterocycles. The Morgan fingerprint density at radius 1 is 1.53 bits per heavy atom. The van der Waals surface area contributed by atoms with E-state index in [1.807, 2.05) is 13.8 Å². The highest BCUT2D eigenvalue weighted by Crippen LogP contribution is 2.25. The van der Waals surface area contributed by atoms with Crippen molar-refractivity contribution in [2.45, 2.75) is 19.4 Å². The van der Waals surface area contributed by atoms with Crippen LogP contribution in [0.15, 0.2) is 18.2 Å². The second-order valence-electron chi connectivity index (χ2n) is 4.61. The molecule has 1 N–H and O–H groups in total. The number of methoxy groups -OCH3 is 1. The van der Waals surface area contributed by atoms with Crippen LogP contribution in [-0.2, 0) is 0 Å².